The van der Waals surface area contributed by atoms with E-state index in [2.05, 4.69) is 4.74 Å². The normalized spacial score (nSPS) is 13.9. The van der Waals surface area contributed by atoms with Gasteiger partial charge in [-0.25, -0.2) is 0 Å². The van der Waals surface area contributed by atoms with Crippen LogP contribution in [0.25, 0.3) is 0 Å². The van der Waals surface area contributed by atoms with Crippen molar-refractivity contribution in [3.63, 3.8) is 0 Å². The SMILES string of the molecule is CCC(C)CN(C)S(=O)(=O)N(C)CCC(=O)OC. The molecule has 0 rings (SSSR count). The predicted molar refractivity (Wildman–Crippen MR) is 70.3 cm³/mol. The van der Waals surface area contributed by atoms with Crippen molar-refractivity contribution < 1.29 is 17.9 Å². The molecule has 0 aromatic heterocycles. The summed E-state index contributed by atoms with van der Waals surface area (Å²) in [6.07, 6.45) is 0.981. The van der Waals surface area contributed by atoms with Crippen LogP contribution in [0.5, 0.6) is 0 Å². The first-order valence-corrected chi connectivity index (χ1v) is 7.39. The zero-order valence-electron chi connectivity index (χ0n) is 11.8. The average Bonchev–Trinajstić information content (AvgIpc) is 2.34. The quantitative estimate of drug-likeness (QED) is 0.614. The van der Waals surface area contributed by atoms with E-state index in [1.54, 1.807) is 7.05 Å². The fourth-order valence-corrected chi connectivity index (χ4v) is 2.61. The lowest BCUT2D eigenvalue weighted by molar-refractivity contribution is -0.140. The van der Waals surface area contributed by atoms with Crippen molar-refractivity contribution in [2.45, 2.75) is 26.7 Å². The van der Waals surface area contributed by atoms with E-state index in [1.807, 2.05) is 13.8 Å². The van der Waals surface area contributed by atoms with E-state index >= 15 is 0 Å². The molecule has 6 nitrogen and oxygen atoms in total. The van der Waals surface area contributed by atoms with Crippen LogP contribution < -0.4 is 0 Å². The molecule has 0 saturated heterocycles. The molecular formula is C11H24N2O4S. The van der Waals surface area contributed by atoms with Gasteiger partial charge in [0.15, 0.2) is 0 Å². The van der Waals surface area contributed by atoms with Crippen LogP contribution in [0.4, 0.5) is 0 Å². The first kappa shape index (κ1) is 17.3. The summed E-state index contributed by atoms with van der Waals surface area (Å²) in [7, 11) is 0.810. The summed E-state index contributed by atoms with van der Waals surface area (Å²) in [5, 5.41) is 0. The Hall–Kier alpha value is -0.660. The van der Waals surface area contributed by atoms with Crippen molar-refractivity contribution in [2.24, 2.45) is 5.92 Å². The summed E-state index contributed by atoms with van der Waals surface area (Å²) < 4.78 is 31.1. The van der Waals surface area contributed by atoms with Gasteiger partial charge in [-0.2, -0.15) is 17.0 Å². The maximum atomic E-state index is 12.1. The number of carbonyl (C=O) groups is 1. The lowest BCUT2D eigenvalue weighted by Gasteiger charge is -2.25. The third-order valence-corrected chi connectivity index (χ3v) is 4.82. The van der Waals surface area contributed by atoms with Crippen molar-refractivity contribution >= 4 is 16.2 Å². The molecule has 0 aliphatic rings. The Labute approximate surface area is 110 Å². The molecule has 0 fully saturated rings. The number of ether oxygens (including phenoxy) is 1. The zero-order chi connectivity index (χ0) is 14.3. The van der Waals surface area contributed by atoms with Crippen molar-refractivity contribution in [1.29, 1.82) is 0 Å². The fourth-order valence-electron chi connectivity index (χ4n) is 1.37. The lowest BCUT2D eigenvalue weighted by atomic mass is 10.1. The minimum absolute atomic E-state index is 0.0589. The zero-order valence-corrected chi connectivity index (χ0v) is 12.7. The third kappa shape index (κ3) is 5.32. The number of carbonyl (C=O) groups excluding carboxylic acids is 1. The first-order chi connectivity index (χ1) is 8.25. The molecule has 0 spiro atoms. The van der Waals surface area contributed by atoms with Crippen molar-refractivity contribution in [3.8, 4) is 0 Å². The monoisotopic (exact) mass is 280 g/mol. The summed E-state index contributed by atoms with van der Waals surface area (Å²) in [5.41, 5.74) is 0. The van der Waals surface area contributed by atoms with Gasteiger partial charge in [-0.05, 0) is 5.92 Å². The first-order valence-electron chi connectivity index (χ1n) is 6.00. The maximum Gasteiger partial charge on any atom is 0.306 e. The number of nitrogens with zero attached hydrogens (tertiary/aromatic N) is 2. The Morgan fingerprint density at radius 3 is 2.28 bits per heavy atom. The molecule has 0 radical (unpaired) electrons. The van der Waals surface area contributed by atoms with Gasteiger partial charge in [-0.1, -0.05) is 20.3 Å². The van der Waals surface area contributed by atoms with Crippen molar-refractivity contribution in [2.75, 3.05) is 34.3 Å². The summed E-state index contributed by atoms with van der Waals surface area (Å²) in [5.74, 6) is -0.111. The lowest BCUT2D eigenvalue weighted by Crippen LogP contribution is -2.42. The van der Waals surface area contributed by atoms with E-state index in [-0.39, 0.29) is 13.0 Å². The molecule has 0 bridgehead atoms. The second-order valence-corrected chi connectivity index (χ2v) is 6.59. The topological polar surface area (TPSA) is 66.9 Å². The van der Waals surface area contributed by atoms with E-state index in [0.29, 0.717) is 12.5 Å². The van der Waals surface area contributed by atoms with Gasteiger partial charge in [0, 0.05) is 27.2 Å². The molecule has 0 aliphatic heterocycles. The highest BCUT2D eigenvalue weighted by Gasteiger charge is 2.24. The number of methoxy groups -OCH3 is 1. The molecule has 1 atom stereocenters. The van der Waals surface area contributed by atoms with Gasteiger partial charge in [-0.15, -0.1) is 0 Å². The molecule has 0 aliphatic carbocycles. The summed E-state index contributed by atoms with van der Waals surface area (Å²) in [6, 6.07) is 0. The molecule has 0 heterocycles. The van der Waals surface area contributed by atoms with Crippen LogP contribution >= 0.6 is 0 Å². The number of hydrogen-bond acceptors (Lipinski definition) is 4. The number of hydrogen-bond donors (Lipinski definition) is 0. The maximum absolute atomic E-state index is 12.1. The predicted octanol–water partition coefficient (Wildman–Crippen LogP) is 0.704. The van der Waals surface area contributed by atoms with Crippen LogP contribution in [0.2, 0.25) is 0 Å². The van der Waals surface area contributed by atoms with Crippen LogP contribution in [0.1, 0.15) is 26.7 Å². The van der Waals surface area contributed by atoms with Crippen LogP contribution in [-0.2, 0) is 19.7 Å². The highest BCUT2D eigenvalue weighted by Crippen LogP contribution is 2.10. The van der Waals surface area contributed by atoms with E-state index in [4.69, 9.17) is 0 Å². The molecule has 1 unspecified atom stereocenters. The molecule has 108 valence electrons. The Morgan fingerprint density at radius 1 is 1.28 bits per heavy atom. The molecule has 18 heavy (non-hydrogen) atoms. The molecule has 0 N–H and O–H groups in total. The third-order valence-electron chi connectivity index (χ3n) is 2.91. The van der Waals surface area contributed by atoms with Gasteiger partial charge >= 0.3 is 5.97 Å². The van der Waals surface area contributed by atoms with Crippen LogP contribution in [-0.4, -0.2) is 57.3 Å². The van der Waals surface area contributed by atoms with Gasteiger partial charge in [0.25, 0.3) is 10.2 Å². The van der Waals surface area contributed by atoms with Crippen LogP contribution in [0.15, 0.2) is 0 Å². The van der Waals surface area contributed by atoms with Crippen LogP contribution in [0.3, 0.4) is 0 Å². The summed E-state index contributed by atoms with van der Waals surface area (Å²) in [4.78, 5) is 11.0. The molecular weight excluding hydrogens is 256 g/mol. The summed E-state index contributed by atoms with van der Waals surface area (Å²) in [6.45, 7) is 4.62. The highest BCUT2D eigenvalue weighted by atomic mass is 32.2. The second-order valence-electron chi connectivity index (χ2n) is 4.45. The van der Waals surface area contributed by atoms with Gasteiger partial charge in [0.1, 0.15) is 0 Å². The average molecular weight is 280 g/mol. The molecule has 0 aromatic rings. The summed E-state index contributed by atoms with van der Waals surface area (Å²) >= 11 is 0. The molecule has 0 amide bonds. The van der Waals surface area contributed by atoms with E-state index in [9.17, 15) is 13.2 Å². The Bertz CT molecular complexity index is 356. The Morgan fingerprint density at radius 2 is 1.83 bits per heavy atom. The number of rotatable bonds is 8. The van der Waals surface area contributed by atoms with Gasteiger partial charge in [-0.3, -0.25) is 4.79 Å². The van der Waals surface area contributed by atoms with Gasteiger partial charge < -0.3 is 4.74 Å². The van der Waals surface area contributed by atoms with Crippen molar-refractivity contribution in [1.82, 2.24) is 8.61 Å². The Balaban J connectivity index is 4.47. The van der Waals surface area contributed by atoms with Crippen LogP contribution in [0, 0.1) is 5.92 Å². The fraction of sp³-hybridized carbons (Fsp3) is 0.909. The van der Waals surface area contributed by atoms with E-state index < -0.39 is 16.2 Å². The minimum Gasteiger partial charge on any atom is -0.469 e. The van der Waals surface area contributed by atoms with Crippen molar-refractivity contribution in [3.05, 3.63) is 0 Å². The van der Waals surface area contributed by atoms with E-state index in [0.717, 1.165) is 6.42 Å². The van der Waals surface area contributed by atoms with E-state index in [1.165, 1.54) is 22.8 Å². The standard InChI is InChI=1S/C11H24N2O4S/c1-6-10(2)9-13(4)18(15,16)12(3)8-7-11(14)17-5/h10H,6-9H2,1-5H3. The Kier molecular flexibility index (Phi) is 7.42. The highest BCUT2D eigenvalue weighted by molar-refractivity contribution is 7.86. The number of esters is 1. The molecule has 0 aromatic carbocycles. The minimum atomic E-state index is -3.49. The largest absolute Gasteiger partial charge is 0.469 e. The molecule has 7 heteroatoms. The van der Waals surface area contributed by atoms with Gasteiger partial charge in [0.2, 0.25) is 0 Å². The smallest absolute Gasteiger partial charge is 0.306 e. The second kappa shape index (κ2) is 7.70. The molecule has 0 saturated carbocycles. The van der Waals surface area contributed by atoms with Gasteiger partial charge in [0.05, 0.1) is 13.5 Å².